The first kappa shape index (κ1) is 20.5. The Morgan fingerprint density at radius 2 is 1.93 bits per heavy atom. The fraction of sp³-hybridized carbons (Fsp3) is 0.474. The molecule has 11 heteroatoms. The van der Waals surface area contributed by atoms with Gasteiger partial charge in [0, 0.05) is 12.6 Å². The molecular formula is C19H19F4N5O2. The lowest BCUT2D eigenvalue weighted by Gasteiger charge is -2.31. The number of nitrogens with zero attached hydrogens (tertiary/aromatic N) is 5. The monoisotopic (exact) mass is 425 g/mol. The van der Waals surface area contributed by atoms with Gasteiger partial charge in [-0.2, -0.15) is 13.2 Å². The van der Waals surface area contributed by atoms with Crippen LogP contribution in [-0.4, -0.2) is 37.7 Å². The molecule has 0 aliphatic carbocycles. The van der Waals surface area contributed by atoms with Gasteiger partial charge in [-0.15, -0.1) is 10.2 Å². The number of benzene rings is 1. The first-order chi connectivity index (χ1) is 14.2. The van der Waals surface area contributed by atoms with Gasteiger partial charge in [-0.3, -0.25) is 14.3 Å². The Morgan fingerprint density at radius 1 is 1.20 bits per heavy atom. The largest absolute Gasteiger partial charge is 0.470 e. The van der Waals surface area contributed by atoms with E-state index in [-0.39, 0.29) is 23.9 Å². The zero-order chi connectivity index (χ0) is 21.5. The summed E-state index contributed by atoms with van der Waals surface area (Å²) in [6, 6.07) is 3.93. The van der Waals surface area contributed by atoms with Gasteiger partial charge in [0.1, 0.15) is 11.6 Å². The summed E-state index contributed by atoms with van der Waals surface area (Å²) in [5, 5.41) is 6.87. The minimum absolute atomic E-state index is 0.0706. The number of rotatable bonds is 4. The van der Waals surface area contributed by atoms with Crippen molar-refractivity contribution < 1.29 is 22.0 Å². The van der Waals surface area contributed by atoms with Gasteiger partial charge in [-0.05, 0) is 50.9 Å². The molecule has 0 amide bonds. The summed E-state index contributed by atoms with van der Waals surface area (Å²) in [5.41, 5.74) is 0.131. The zero-order valence-electron chi connectivity index (χ0n) is 16.1. The van der Waals surface area contributed by atoms with Crippen LogP contribution in [0.1, 0.15) is 30.4 Å². The molecule has 0 radical (unpaired) electrons. The van der Waals surface area contributed by atoms with Gasteiger partial charge in [0.2, 0.25) is 5.89 Å². The topological polar surface area (TPSA) is 77.1 Å². The van der Waals surface area contributed by atoms with E-state index in [0.717, 1.165) is 12.8 Å². The summed E-state index contributed by atoms with van der Waals surface area (Å²) in [4.78, 5) is 19.1. The molecule has 1 aliphatic rings. The molecule has 4 rings (SSSR count). The zero-order valence-corrected chi connectivity index (χ0v) is 16.1. The highest BCUT2D eigenvalue weighted by molar-refractivity contribution is 5.77. The van der Waals surface area contributed by atoms with E-state index in [9.17, 15) is 22.4 Å². The maximum absolute atomic E-state index is 13.4. The Bertz CT molecular complexity index is 1120. The van der Waals surface area contributed by atoms with E-state index >= 15 is 0 Å². The van der Waals surface area contributed by atoms with Crippen LogP contribution in [0.3, 0.4) is 0 Å². The van der Waals surface area contributed by atoms with E-state index < -0.39 is 17.9 Å². The summed E-state index contributed by atoms with van der Waals surface area (Å²) < 4.78 is 57.4. The van der Waals surface area contributed by atoms with E-state index in [1.165, 1.54) is 18.2 Å². The molecule has 1 aromatic carbocycles. The highest BCUT2D eigenvalue weighted by Gasteiger charge is 2.38. The van der Waals surface area contributed by atoms with Crippen molar-refractivity contribution in [3.05, 3.63) is 52.0 Å². The van der Waals surface area contributed by atoms with Crippen LogP contribution in [0.25, 0.3) is 10.9 Å². The minimum atomic E-state index is -4.65. The van der Waals surface area contributed by atoms with Crippen molar-refractivity contribution >= 4 is 10.9 Å². The lowest BCUT2D eigenvalue weighted by Crippen LogP contribution is -2.36. The highest BCUT2D eigenvalue weighted by Crippen LogP contribution is 2.28. The van der Waals surface area contributed by atoms with Crippen molar-refractivity contribution in [2.45, 2.75) is 39.0 Å². The molecule has 2 aromatic heterocycles. The maximum Gasteiger partial charge on any atom is 0.470 e. The lowest BCUT2D eigenvalue weighted by molar-refractivity contribution is -0.157. The van der Waals surface area contributed by atoms with Gasteiger partial charge >= 0.3 is 12.1 Å². The van der Waals surface area contributed by atoms with Crippen LogP contribution in [0.2, 0.25) is 0 Å². The van der Waals surface area contributed by atoms with Crippen LogP contribution < -0.4 is 5.56 Å². The van der Waals surface area contributed by atoms with E-state index in [2.05, 4.69) is 19.6 Å². The number of alkyl halides is 3. The van der Waals surface area contributed by atoms with Gasteiger partial charge < -0.3 is 4.42 Å². The van der Waals surface area contributed by atoms with Crippen LogP contribution in [0.5, 0.6) is 0 Å². The molecule has 7 nitrogen and oxygen atoms in total. The Morgan fingerprint density at radius 3 is 2.60 bits per heavy atom. The second-order valence-electron chi connectivity index (χ2n) is 7.45. The van der Waals surface area contributed by atoms with Gasteiger partial charge in [0.25, 0.3) is 5.56 Å². The van der Waals surface area contributed by atoms with E-state index in [4.69, 9.17) is 0 Å². The fourth-order valence-corrected chi connectivity index (χ4v) is 3.73. The normalized spacial score (nSPS) is 16.4. The van der Waals surface area contributed by atoms with E-state index in [0.29, 0.717) is 36.4 Å². The van der Waals surface area contributed by atoms with Gasteiger partial charge in [-0.1, -0.05) is 0 Å². The smallest absolute Gasteiger partial charge is 0.416 e. The molecule has 3 aromatic rings. The number of hydrogen-bond donors (Lipinski definition) is 0. The Labute approximate surface area is 168 Å². The van der Waals surface area contributed by atoms with Gasteiger partial charge in [-0.25, -0.2) is 9.37 Å². The summed E-state index contributed by atoms with van der Waals surface area (Å²) >= 11 is 0. The van der Waals surface area contributed by atoms with Gasteiger partial charge in [0.15, 0.2) is 0 Å². The van der Waals surface area contributed by atoms with Crippen molar-refractivity contribution in [2.75, 3.05) is 13.1 Å². The molecule has 0 unspecified atom stereocenters. The average molecular weight is 425 g/mol. The molecule has 1 saturated heterocycles. The van der Waals surface area contributed by atoms with E-state index in [1.54, 1.807) is 11.5 Å². The van der Waals surface area contributed by atoms with Crippen LogP contribution in [0.4, 0.5) is 17.6 Å². The molecule has 0 saturated carbocycles. The molecule has 3 heterocycles. The summed E-state index contributed by atoms with van der Waals surface area (Å²) in [6.45, 7) is 3.62. The molecule has 0 atom stereocenters. The summed E-state index contributed by atoms with van der Waals surface area (Å²) in [7, 11) is 0. The van der Waals surface area contributed by atoms with E-state index in [1.807, 2.05) is 4.90 Å². The third kappa shape index (κ3) is 4.20. The Balaban J connectivity index is 1.40. The number of piperidine rings is 1. The van der Waals surface area contributed by atoms with Crippen LogP contribution in [0, 0.1) is 18.7 Å². The van der Waals surface area contributed by atoms with Crippen LogP contribution in [0.15, 0.2) is 27.4 Å². The fourth-order valence-electron chi connectivity index (χ4n) is 3.73. The van der Waals surface area contributed by atoms with Crippen molar-refractivity contribution in [3.63, 3.8) is 0 Å². The predicted molar refractivity (Wildman–Crippen MR) is 98.0 cm³/mol. The SMILES string of the molecule is Cc1nc2cc(F)ccc2c(=O)n1CC1CCN(Cc2nnc(C(F)(F)F)o2)CC1. The van der Waals surface area contributed by atoms with Crippen molar-refractivity contribution in [2.24, 2.45) is 5.92 Å². The summed E-state index contributed by atoms with van der Waals surface area (Å²) in [6.07, 6.45) is -3.13. The van der Waals surface area contributed by atoms with Crippen molar-refractivity contribution in [1.29, 1.82) is 0 Å². The highest BCUT2D eigenvalue weighted by atomic mass is 19.4. The average Bonchev–Trinajstić information content (AvgIpc) is 3.15. The lowest BCUT2D eigenvalue weighted by atomic mass is 9.96. The number of halogens is 4. The predicted octanol–water partition coefficient (Wildman–Crippen LogP) is 3.16. The molecule has 1 fully saturated rings. The third-order valence-corrected chi connectivity index (χ3v) is 5.32. The van der Waals surface area contributed by atoms with Gasteiger partial charge in [0.05, 0.1) is 17.4 Å². The molecule has 30 heavy (non-hydrogen) atoms. The second-order valence-corrected chi connectivity index (χ2v) is 7.45. The first-order valence-electron chi connectivity index (χ1n) is 9.49. The standard InChI is InChI=1S/C19H19F4N5O2/c1-11-24-15-8-13(20)2-3-14(15)17(29)28(11)9-12-4-6-27(7-5-12)10-16-25-26-18(30-16)19(21,22)23/h2-3,8,12H,4-7,9-10H2,1H3. The number of hydrogen-bond acceptors (Lipinski definition) is 6. The molecule has 0 bridgehead atoms. The van der Waals surface area contributed by atoms with Crippen LogP contribution >= 0.6 is 0 Å². The van der Waals surface area contributed by atoms with Crippen molar-refractivity contribution in [1.82, 2.24) is 24.6 Å². The molecule has 160 valence electrons. The third-order valence-electron chi connectivity index (χ3n) is 5.32. The number of fused-ring (bicyclic) bond motifs is 1. The molecule has 1 aliphatic heterocycles. The number of likely N-dealkylation sites (tertiary alicyclic amines) is 1. The van der Waals surface area contributed by atoms with Crippen molar-refractivity contribution in [3.8, 4) is 0 Å². The molecule has 0 spiro atoms. The number of aryl methyl sites for hydroxylation is 1. The molecule has 0 N–H and O–H groups in total. The Kier molecular flexibility index (Phi) is 5.31. The quantitative estimate of drug-likeness (QED) is 0.598. The first-order valence-corrected chi connectivity index (χ1v) is 9.49. The maximum atomic E-state index is 13.4. The number of aromatic nitrogens is 4. The van der Waals surface area contributed by atoms with Crippen LogP contribution in [-0.2, 0) is 19.3 Å². The molecular weight excluding hydrogens is 406 g/mol. The minimum Gasteiger partial charge on any atom is -0.416 e. The Hall–Kier alpha value is -2.82. The second kappa shape index (κ2) is 7.78. The summed E-state index contributed by atoms with van der Waals surface area (Å²) in [5.74, 6) is -1.12.